The molecule has 1 aromatic carbocycles. The molecule has 156 valence electrons. The van der Waals surface area contributed by atoms with Gasteiger partial charge in [-0.2, -0.15) is 0 Å². The minimum Gasteiger partial charge on any atom is -0.504 e. The molecule has 1 aliphatic rings. The minimum atomic E-state index is -1.29. The van der Waals surface area contributed by atoms with Crippen molar-refractivity contribution in [2.75, 3.05) is 52.5 Å². The van der Waals surface area contributed by atoms with Crippen molar-refractivity contribution >= 4 is 22.8 Å². The number of aliphatic imine (C=N–C) groups is 1. The minimum absolute atomic E-state index is 0.179. The lowest BCUT2D eigenvalue weighted by molar-refractivity contribution is -0.141. The molecule has 3 N–H and O–H groups in total. The van der Waals surface area contributed by atoms with Crippen LogP contribution in [0.15, 0.2) is 17.1 Å². The van der Waals surface area contributed by atoms with E-state index in [0.29, 0.717) is 38.1 Å². The van der Waals surface area contributed by atoms with Gasteiger partial charge in [-0.15, -0.1) is 11.8 Å². The average Bonchev–Trinajstić information content (AvgIpc) is 3.06. The van der Waals surface area contributed by atoms with E-state index >= 15 is 0 Å². The Bertz CT molecular complexity index is 711. The molecule has 0 saturated carbocycles. The van der Waals surface area contributed by atoms with Crippen LogP contribution in [-0.4, -0.2) is 84.4 Å². The Morgan fingerprint density at radius 3 is 2.39 bits per heavy atom. The Balaban J connectivity index is 1.95. The van der Waals surface area contributed by atoms with Crippen LogP contribution >= 0.6 is 11.8 Å². The molecule has 1 atom stereocenters. The van der Waals surface area contributed by atoms with Gasteiger partial charge in [0.1, 0.15) is 17.4 Å². The van der Waals surface area contributed by atoms with Gasteiger partial charge in [0.05, 0.1) is 38.6 Å². The fraction of sp³-hybridized carbons (Fsp3) is 0.556. The molecule has 0 bridgehead atoms. The highest BCUT2D eigenvalue weighted by Crippen LogP contribution is 2.42. The summed E-state index contributed by atoms with van der Waals surface area (Å²) in [5, 5.41) is 29.7. The number of aliphatic carboxylic acids is 1. The first-order valence-corrected chi connectivity index (χ1v) is 9.66. The molecule has 0 saturated heterocycles. The van der Waals surface area contributed by atoms with E-state index in [1.165, 1.54) is 30.8 Å². The van der Waals surface area contributed by atoms with Crippen LogP contribution in [0, 0.1) is 0 Å². The summed E-state index contributed by atoms with van der Waals surface area (Å²) in [6.07, 6.45) is 0. The first-order chi connectivity index (χ1) is 13.4. The molecule has 1 aromatic rings. The van der Waals surface area contributed by atoms with Crippen molar-refractivity contribution in [1.29, 1.82) is 0 Å². The second kappa shape index (κ2) is 10.5. The summed E-state index contributed by atoms with van der Waals surface area (Å²) in [5.41, 5.74) is -1.11. The molecule has 9 nitrogen and oxygen atoms in total. The summed E-state index contributed by atoms with van der Waals surface area (Å²) < 4.78 is 21.2. The molecular weight excluding hydrogens is 390 g/mol. The number of phenols is 2. The van der Waals surface area contributed by atoms with E-state index in [4.69, 9.17) is 18.9 Å². The van der Waals surface area contributed by atoms with Crippen LogP contribution in [0.2, 0.25) is 0 Å². The lowest BCUT2D eigenvalue weighted by Crippen LogP contribution is -2.33. The third kappa shape index (κ3) is 5.74. The van der Waals surface area contributed by atoms with Gasteiger partial charge in [-0.1, -0.05) is 0 Å². The number of methoxy groups -OCH3 is 1. The normalized spacial score (nSPS) is 18.9. The Morgan fingerprint density at radius 1 is 1.14 bits per heavy atom. The highest BCUT2D eigenvalue weighted by molar-refractivity contribution is 8.14. The number of carboxylic acid groups (broad SMARTS) is 1. The number of benzene rings is 1. The van der Waals surface area contributed by atoms with Gasteiger partial charge in [0, 0.05) is 12.9 Å². The molecule has 0 aromatic heterocycles. The van der Waals surface area contributed by atoms with Crippen molar-refractivity contribution in [3.8, 4) is 17.2 Å². The third-order valence-corrected chi connectivity index (χ3v) is 5.20. The molecule has 0 fully saturated rings. The zero-order valence-electron chi connectivity index (χ0n) is 15.8. The van der Waals surface area contributed by atoms with E-state index in [-0.39, 0.29) is 29.4 Å². The number of hydrogen-bond donors (Lipinski definition) is 3. The average molecular weight is 415 g/mol. The predicted molar refractivity (Wildman–Crippen MR) is 104 cm³/mol. The number of nitrogens with zero attached hydrogens (tertiary/aromatic N) is 1. The first kappa shape index (κ1) is 22.3. The van der Waals surface area contributed by atoms with Crippen LogP contribution in [0.1, 0.15) is 12.5 Å². The maximum atomic E-state index is 11.4. The molecule has 1 heterocycles. The van der Waals surface area contributed by atoms with E-state index in [1.54, 1.807) is 7.11 Å². The quantitative estimate of drug-likeness (QED) is 0.344. The standard InChI is InChI=1S/C18H25NO8S/c1-18(17(22)23)11-28-16(19-18)14-13(4-3-12(20)15(14)21)27-10-9-26-8-7-25-6-5-24-2/h3-4,20-21H,5-11H2,1-2H3,(H,22,23)/t18-/m1/s1. The van der Waals surface area contributed by atoms with Gasteiger partial charge in [-0.3, -0.25) is 4.99 Å². The number of thioether (sulfide) groups is 1. The SMILES string of the molecule is COCCOCCOCCOc1ccc(O)c(O)c1C1=N[C@@](C)(C(=O)O)CS1. The second-order valence-electron chi connectivity index (χ2n) is 6.16. The molecule has 0 aliphatic carbocycles. The number of ether oxygens (including phenoxy) is 4. The number of phenolic OH excluding ortho intramolecular Hbond substituents is 2. The number of carbonyl (C=O) groups is 1. The molecule has 28 heavy (non-hydrogen) atoms. The van der Waals surface area contributed by atoms with Crippen LogP contribution in [-0.2, 0) is 19.0 Å². The number of carboxylic acids is 1. The van der Waals surface area contributed by atoms with Crippen LogP contribution in [0.5, 0.6) is 17.2 Å². The van der Waals surface area contributed by atoms with E-state index in [2.05, 4.69) is 4.99 Å². The lowest BCUT2D eigenvalue weighted by atomic mass is 10.1. The topological polar surface area (TPSA) is 127 Å². The highest BCUT2D eigenvalue weighted by Gasteiger charge is 2.40. The van der Waals surface area contributed by atoms with Crippen LogP contribution in [0.4, 0.5) is 0 Å². The number of rotatable bonds is 12. The Hall–Kier alpha value is -2.01. The largest absolute Gasteiger partial charge is 0.504 e. The Labute approximate surface area is 167 Å². The molecule has 0 unspecified atom stereocenters. The predicted octanol–water partition coefficient (Wildman–Crippen LogP) is 1.49. The van der Waals surface area contributed by atoms with Gasteiger partial charge in [0.25, 0.3) is 0 Å². The van der Waals surface area contributed by atoms with Gasteiger partial charge in [-0.05, 0) is 19.1 Å². The van der Waals surface area contributed by atoms with Gasteiger partial charge in [0.15, 0.2) is 17.0 Å². The summed E-state index contributed by atoms with van der Waals surface area (Å²) >= 11 is 1.18. The van der Waals surface area contributed by atoms with E-state index in [0.717, 1.165) is 0 Å². The van der Waals surface area contributed by atoms with Crippen molar-refractivity contribution in [2.45, 2.75) is 12.5 Å². The smallest absolute Gasteiger partial charge is 0.332 e. The van der Waals surface area contributed by atoms with E-state index in [9.17, 15) is 20.1 Å². The van der Waals surface area contributed by atoms with Crippen LogP contribution < -0.4 is 4.74 Å². The van der Waals surface area contributed by atoms with Crippen molar-refractivity contribution in [3.05, 3.63) is 17.7 Å². The van der Waals surface area contributed by atoms with Crippen molar-refractivity contribution in [3.63, 3.8) is 0 Å². The monoisotopic (exact) mass is 415 g/mol. The highest BCUT2D eigenvalue weighted by atomic mass is 32.2. The maximum absolute atomic E-state index is 11.4. The third-order valence-electron chi connectivity index (χ3n) is 3.92. The van der Waals surface area contributed by atoms with Gasteiger partial charge >= 0.3 is 5.97 Å². The zero-order valence-corrected chi connectivity index (χ0v) is 16.7. The summed E-state index contributed by atoms with van der Waals surface area (Å²) in [6, 6.07) is 2.80. The summed E-state index contributed by atoms with van der Waals surface area (Å²) in [7, 11) is 1.60. The molecule has 0 radical (unpaired) electrons. The molecule has 2 rings (SSSR count). The van der Waals surface area contributed by atoms with E-state index in [1.807, 2.05) is 0 Å². The molecule has 0 spiro atoms. The molecule has 10 heteroatoms. The fourth-order valence-corrected chi connectivity index (χ4v) is 3.51. The van der Waals surface area contributed by atoms with Crippen molar-refractivity contribution < 1.29 is 39.1 Å². The van der Waals surface area contributed by atoms with Gasteiger partial charge in [0.2, 0.25) is 0 Å². The molecular formula is C18H25NO8S. The first-order valence-electron chi connectivity index (χ1n) is 8.67. The molecule has 0 amide bonds. The number of hydrogen-bond acceptors (Lipinski definition) is 9. The second-order valence-corrected chi connectivity index (χ2v) is 7.12. The zero-order chi connectivity index (χ0) is 20.6. The molecule has 1 aliphatic heterocycles. The number of aromatic hydroxyl groups is 2. The Kier molecular flexibility index (Phi) is 8.36. The van der Waals surface area contributed by atoms with Crippen molar-refractivity contribution in [2.24, 2.45) is 4.99 Å². The summed E-state index contributed by atoms with van der Waals surface area (Å²) in [5.74, 6) is -1.28. The Morgan fingerprint density at radius 2 is 1.79 bits per heavy atom. The van der Waals surface area contributed by atoms with Gasteiger partial charge in [-0.25, -0.2) is 4.79 Å². The lowest BCUT2D eigenvalue weighted by Gasteiger charge is -2.14. The van der Waals surface area contributed by atoms with Gasteiger partial charge < -0.3 is 34.3 Å². The van der Waals surface area contributed by atoms with Crippen molar-refractivity contribution in [1.82, 2.24) is 0 Å². The fourth-order valence-electron chi connectivity index (χ4n) is 2.30. The summed E-state index contributed by atoms with van der Waals surface area (Å²) in [4.78, 5) is 15.6. The van der Waals surface area contributed by atoms with Crippen LogP contribution in [0.25, 0.3) is 0 Å². The maximum Gasteiger partial charge on any atom is 0.332 e. The summed E-state index contributed by atoms with van der Waals surface area (Å²) in [6.45, 7) is 3.86. The van der Waals surface area contributed by atoms with E-state index < -0.39 is 17.3 Å². The van der Waals surface area contributed by atoms with Crippen LogP contribution in [0.3, 0.4) is 0 Å².